The lowest BCUT2D eigenvalue weighted by Crippen LogP contribution is -1.93. The molecule has 2 N–H and O–H groups in total. The maximum atomic E-state index is 13.8. The van der Waals surface area contributed by atoms with Crippen LogP contribution in [0.2, 0.25) is 10.0 Å². The Morgan fingerprint density at radius 3 is 2.39 bits per heavy atom. The number of rotatable bonds is 2. The Bertz CT molecular complexity index is 579. The zero-order chi connectivity index (χ0) is 13.3. The van der Waals surface area contributed by atoms with Crippen molar-refractivity contribution in [3.63, 3.8) is 0 Å². The van der Waals surface area contributed by atoms with E-state index in [-0.39, 0.29) is 21.5 Å². The van der Waals surface area contributed by atoms with E-state index >= 15 is 0 Å². The summed E-state index contributed by atoms with van der Waals surface area (Å²) in [6.07, 6.45) is 0. The highest BCUT2D eigenvalue weighted by Crippen LogP contribution is 2.38. The number of aryl methyl sites for hydroxylation is 1. The molecule has 2 aromatic carbocycles. The molecule has 2 rings (SSSR count). The van der Waals surface area contributed by atoms with Gasteiger partial charge in [-0.3, -0.25) is 0 Å². The first-order valence-electron chi connectivity index (χ1n) is 5.16. The molecule has 94 valence electrons. The molecular weight excluding hydrogens is 276 g/mol. The third-order valence-corrected chi connectivity index (χ3v) is 2.95. The first-order chi connectivity index (χ1) is 8.49. The van der Waals surface area contributed by atoms with Crippen molar-refractivity contribution < 1.29 is 9.13 Å². The van der Waals surface area contributed by atoms with E-state index in [1.165, 1.54) is 18.2 Å². The molecule has 0 amide bonds. The van der Waals surface area contributed by atoms with Gasteiger partial charge in [-0.15, -0.1) is 0 Å². The predicted octanol–water partition coefficient (Wildman–Crippen LogP) is 4.82. The van der Waals surface area contributed by atoms with Crippen LogP contribution in [0.4, 0.5) is 10.1 Å². The van der Waals surface area contributed by atoms with Crippen molar-refractivity contribution >= 4 is 28.9 Å². The van der Waals surface area contributed by atoms with Crippen LogP contribution in [0.15, 0.2) is 30.3 Å². The van der Waals surface area contributed by atoms with Gasteiger partial charge in [-0.05, 0) is 30.7 Å². The molecule has 0 aliphatic heterocycles. The van der Waals surface area contributed by atoms with Crippen LogP contribution in [0.25, 0.3) is 0 Å². The monoisotopic (exact) mass is 285 g/mol. The largest absolute Gasteiger partial charge is 0.451 e. The Morgan fingerprint density at radius 1 is 1.17 bits per heavy atom. The van der Waals surface area contributed by atoms with Gasteiger partial charge in [-0.1, -0.05) is 35.3 Å². The van der Waals surface area contributed by atoms with E-state index in [9.17, 15) is 4.39 Å². The van der Waals surface area contributed by atoms with Gasteiger partial charge in [0, 0.05) is 5.69 Å². The van der Waals surface area contributed by atoms with Crippen LogP contribution in [0.5, 0.6) is 11.5 Å². The lowest BCUT2D eigenvalue weighted by atomic mass is 10.2. The summed E-state index contributed by atoms with van der Waals surface area (Å²) in [4.78, 5) is 0. The zero-order valence-electron chi connectivity index (χ0n) is 9.51. The van der Waals surface area contributed by atoms with Gasteiger partial charge in [-0.25, -0.2) is 4.39 Å². The number of hydrogen-bond donors (Lipinski definition) is 1. The van der Waals surface area contributed by atoms with Crippen LogP contribution in [0.1, 0.15) is 5.56 Å². The smallest absolute Gasteiger partial charge is 0.168 e. The second kappa shape index (κ2) is 5.04. The molecule has 2 nitrogen and oxygen atoms in total. The third-order valence-electron chi connectivity index (χ3n) is 2.39. The molecule has 0 bridgehead atoms. The Hall–Kier alpha value is -1.45. The van der Waals surface area contributed by atoms with Gasteiger partial charge in [0.2, 0.25) is 0 Å². The summed E-state index contributed by atoms with van der Waals surface area (Å²) in [6.45, 7) is 1.65. The second-order valence-corrected chi connectivity index (χ2v) is 4.62. The molecule has 2 aromatic rings. The second-order valence-electron chi connectivity index (χ2n) is 3.80. The van der Waals surface area contributed by atoms with Gasteiger partial charge in [0.25, 0.3) is 0 Å². The molecule has 0 spiro atoms. The van der Waals surface area contributed by atoms with E-state index in [1.54, 1.807) is 19.1 Å². The van der Waals surface area contributed by atoms with Crippen LogP contribution in [0.3, 0.4) is 0 Å². The molecule has 0 aliphatic rings. The fourth-order valence-corrected chi connectivity index (χ4v) is 2.07. The Morgan fingerprint density at radius 2 is 1.78 bits per heavy atom. The average molecular weight is 286 g/mol. The van der Waals surface area contributed by atoms with Crippen molar-refractivity contribution in [3.05, 3.63) is 51.8 Å². The Labute approximate surface area is 114 Å². The minimum Gasteiger partial charge on any atom is -0.451 e. The molecule has 0 aromatic heterocycles. The summed E-state index contributed by atoms with van der Waals surface area (Å²) in [5, 5.41) is 0.474. The number of nitrogens with two attached hydrogens (primary N) is 1. The summed E-state index contributed by atoms with van der Waals surface area (Å²) < 4.78 is 19.2. The molecule has 5 heteroatoms. The first-order valence-corrected chi connectivity index (χ1v) is 5.92. The van der Waals surface area contributed by atoms with Crippen molar-refractivity contribution in [2.75, 3.05) is 5.73 Å². The molecule has 0 heterocycles. The molecule has 0 unspecified atom stereocenters. The summed E-state index contributed by atoms with van der Waals surface area (Å²) in [6, 6.07) is 7.83. The predicted molar refractivity (Wildman–Crippen MR) is 72.1 cm³/mol. The molecule has 0 radical (unpaired) electrons. The van der Waals surface area contributed by atoms with E-state index in [0.717, 1.165) is 0 Å². The molecule has 0 atom stereocenters. The molecule has 0 aliphatic carbocycles. The van der Waals surface area contributed by atoms with Crippen molar-refractivity contribution in [3.8, 4) is 11.5 Å². The fraction of sp³-hybridized carbons (Fsp3) is 0.0769. The van der Waals surface area contributed by atoms with Crippen LogP contribution in [-0.2, 0) is 0 Å². The topological polar surface area (TPSA) is 35.2 Å². The Balaban J connectivity index is 2.43. The SMILES string of the molecule is Cc1cccc(Oc2c(Cl)cc(N)cc2Cl)c1F. The Kier molecular flexibility index (Phi) is 3.64. The minimum absolute atomic E-state index is 0.0728. The molecule has 0 saturated heterocycles. The molecular formula is C13H10Cl2FNO. The third kappa shape index (κ3) is 2.52. The van der Waals surface area contributed by atoms with Crippen LogP contribution >= 0.6 is 23.2 Å². The highest BCUT2D eigenvalue weighted by Gasteiger charge is 2.13. The van der Waals surface area contributed by atoms with Crippen molar-refractivity contribution in [1.29, 1.82) is 0 Å². The summed E-state index contributed by atoms with van der Waals surface area (Å²) in [5.41, 5.74) is 6.48. The van der Waals surface area contributed by atoms with Crippen molar-refractivity contribution in [2.45, 2.75) is 6.92 Å². The van der Waals surface area contributed by atoms with E-state index in [1.807, 2.05) is 0 Å². The van der Waals surface area contributed by atoms with E-state index < -0.39 is 5.82 Å². The summed E-state index contributed by atoms with van der Waals surface area (Å²) in [5.74, 6) is -0.179. The van der Waals surface area contributed by atoms with Gasteiger partial charge in [0.05, 0.1) is 10.0 Å². The molecule has 18 heavy (non-hydrogen) atoms. The normalized spacial score (nSPS) is 10.4. The van der Waals surface area contributed by atoms with Gasteiger partial charge in [-0.2, -0.15) is 0 Å². The lowest BCUT2D eigenvalue weighted by molar-refractivity contribution is 0.440. The summed E-state index contributed by atoms with van der Waals surface area (Å²) >= 11 is 11.9. The standard InChI is InChI=1S/C13H10Cl2FNO/c1-7-3-2-4-11(12(7)16)18-13-9(14)5-8(17)6-10(13)15/h2-6H,17H2,1H3. The van der Waals surface area contributed by atoms with Crippen molar-refractivity contribution in [1.82, 2.24) is 0 Å². The van der Waals surface area contributed by atoms with Gasteiger partial charge >= 0.3 is 0 Å². The quantitative estimate of drug-likeness (QED) is 0.803. The number of anilines is 1. The lowest BCUT2D eigenvalue weighted by Gasteiger charge is -2.11. The van der Waals surface area contributed by atoms with Gasteiger partial charge < -0.3 is 10.5 Å². The number of nitrogen functional groups attached to an aromatic ring is 1. The van der Waals surface area contributed by atoms with E-state index in [4.69, 9.17) is 33.7 Å². The zero-order valence-corrected chi connectivity index (χ0v) is 11.0. The summed E-state index contributed by atoms with van der Waals surface area (Å²) in [7, 11) is 0. The van der Waals surface area contributed by atoms with Crippen LogP contribution in [0, 0.1) is 12.7 Å². The number of hydrogen-bond acceptors (Lipinski definition) is 2. The first kappa shape index (κ1) is 13.0. The van der Waals surface area contributed by atoms with Crippen LogP contribution in [-0.4, -0.2) is 0 Å². The highest BCUT2D eigenvalue weighted by molar-refractivity contribution is 6.37. The minimum atomic E-state index is -0.443. The molecule has 0 saturated carbocycles. The average Bonchev–Trinajstić information content (AvgIpc) is 2.28. The van der Waals surface area contributed by atoms with E-state index in [2.05, 4.69) is 0 Å². The number of benzene rings is 2. The highest BCUT2D eigenvalue weighted by atomic mass is 35.5. The maximum Gasteiger partial charge on any atom is 0.168 e. The number of ether oxygens (including phenoxy) is 1. The maximum absolute atomic E-state index is 13.8. The van der Waals surface area contributed by atoms with Crippen LogP contribution < -0.4 is 10.5 Å². The van der Waals surface area contributed by atoms with E-state index in [0.29, 0.717) is 11.3 Å². The fourth-order valence-electron chi connectivity index (χ4n) is 1.49. The van der Waals surface area contributed by atoms with Gasteiger partial charge in [0.1, 0.15) is 0 Å². The van der Waals surface area contributed by atoms with Gasteiger partial charge in [0.15, 0.2) is 17.3 Å². The number of halogens is 3. The van der Waals surface area contributed by atoms with Crippen molar-refractivity contribution in [2.24, 2.45) is 0 Å². The molecule has 0 fully saturated rings.